The third-order valence-corrected chi connectivity index (χ3v) is 6.39. The topological polar surface area (TPSA) is 172 Å². The second-order valence-corrected chi connectivity index (χ2v) is 9.80. The van der Waals surface area contributed by atoms with Crippen molar-refractivity contribution in [2.24, 2.45) is 11.7 Å². The highest BCUT2D eigenvalue weighted by Gasteiger charge is 2.38. The molecule has 1 saturated heterocycles. The maximum absolute atomic E-state index is 13.4. The SMILES string of the molecule is CC[C@@H]1NC(=O)[C@H](CCCN)NC(=O)[C@](C)(NC(=O)C(C)C)CCNC(=O)[C@@H](c2ccccc2)NC1=O. The lowest BCUT2D eigenvalue weighted by Gasteiger charge is -2.33. The predicted octanol–water partition coefficient (Wildman–Crippen LogP) is 0.0132. The van der Waals surface area contributed by atoms with E-state index in [0.717, 1.165) is 0 Å². The quantitative estimate of drug-likeness (QED) is 0.298. The van der Waals surface area contributed by atoms with Gasteiger partial charge in [0.2, 0.25) is 29.5 Å². The summed E-state index contributed by atoms with van der Waals surface area (Å²) < 4.78 is 0. The first-order valence-corrected chi connectivity index (χ1v) is 12.8. The number of carbonyl (C=O) groups excluding carboxylic acids is 5. The zero-order chi connectivity index (χ0) is 27.6. The zero-order valence-electron chi connectivity index (χ0n) is 22.1. The second kappa shape index (κ2) is 13.7. The van der Waals surface area contributed by atoms with Crippen LogP contribution >= 0.6 is 0 Å². The van der Waals surface area contributed by atoms with E-state index in [1.807, 2.05) is 0 Å². The smallest absolute Gasteiger partial charge is 0.247 e. The summed E-state index contributed by atoms with van der Waals surface area (Å²) in [7, 11) is 0. The third kappa shape index (κ3) is 8.28. The largest absolute Gasteiger partial charge is 0.354 e. The van der Waals surface area contributed by atoms with Gasteiger partial charge in [-0.3, -0.25) is 24.0 Å². The Hall–Kier alpha value is -3.47. The van der Waals surface area contributed by atoms with Crippen LogP contribution < -0.4 is 32.3 Å². The average Bonchev–Trinajstić information content (AvgIpc) is 2.87. The number of nitrogens with two attached hydrogens (primary N) is 1. The highest BCUT2D eigenvalue weighted by atomic mass is 16.2. The van der Waals surface area contributed by atoms with Crippen LogP contribution in [0.4, 0.5) is 0 Å². The fourth-order valence-electron chi connectivity index (χ4n) is 3.91. The van der Waals surface area contributed by atoms with Gasteiger partial charge < -0.3 is 32.3 Å². The third-order valence-electron chi connectivity index (χ3n) is 6.39. The van der Waals surface area contributed by atoms with E-state index in [0.29, 0.717) is 18.5 Å². The van der Waals surface area contributed by atoms with Gasteiger partial charge in [-0.1, -0.05) is 51.1 Å². The van der Waals surface area contributed by atoms with Crippen molar-refractivity contribution in [1.82, 2.24) is 26.6 Å². The monoisotopic (exact) mass is 516 g/mol. The minimum absolute atomic E-state index is 0.0389. The Labute approximate surface area is 218 Å². The Balaban J connectivity index is 2.46. The number of benzene rings is 1. The number of nitrogens with one attached hydrogen (secondary N) is 5. The summed E-state index contributed by atoms with van der Waals surface area (Å²) in [5.41, 5.74) is 4.80. The summed E-state index contributed by atoms with van der Waals surface area (Å²) in [5, 5.41) is 13.7. The van der Waals surface area contributed by atoms with Crippen molar-refractivity contribution in [2.45, 2.75) is 77.0 Å². The van der Waals surface area contributed by atoms with E-state index in [9.17, 15) is 24.0 Å². The van der Waals surface area contributed by atoms with Gasteiger partial charge in [-0.15, -0.1) is 0 Å². The normalized spacial score (nSPS) is 25.8. The summed E-state index contributed by atoms with van der Waals surface area (Å²) in [6.07, 6.45) is 1.04. The van der Waals surface area contributed by atoms with Crippen LogP contribution in [-0.2, 0) is 24.0 Å². The van der Waals surface area contributed by atoms with E-state index in [-0.39, 0.29) is 37.6 Å². The minimum Gasteiger partial charge on any atom is -0.354 e. The Kier molecular flexibility index (Phi) is 11.0. The second-order valence-electron chi connectivity index (χ2n) is 9.80. The molecule has 1 aromatic carbocycles. The van der Waals surface area contributed by atoms with Gasteiger partial charge in [0.1, 0.15) is 23.7 Å². The molecule has 1 aliphatic heterocycles. The molecule has 11 nitrogen and oxygen atoms in total. The lowest BCUT2D eigenvalue weighted by Crippen LogP contribution is -2.63. The van der Waals surface area contributed by atoms with E-state index in [2.05, 4.69) is 26.6 Å². The van der Waals surface area contributed by atoms with Crippen molar-refractivity contribution in [2.75, 3.05) is 13.1 Å². The Morgan fingerprint density at radius 2 is 1.68 bits per heavy atom. The summed E-state index contributed by atoms with van der Waals surface area (Å²) in [5.74, 6) is -2.83. The van der Waals surface area contributed by atoms with Gasteiger partial charge in [0.15, 0.2) is 0 Å². The summed E-state index contributed by atoms with van der Waals surface area (Å²) in [6.45, 7) is 7.05. The lowest BCUT2D eigenvalue weighted by atomic mass is 9.94. The van der Waals surface area contributed by atoms with Gasteiger partial charge in [-0.25, -0.2) is 0 Å². The Bertz CT molecular complexity index is 969. The number of carbonyl (C=O) groups is 5. The molecule has 37 heavy (non-hydrogen) atoms. The molecule has 0 saturated carbocycles. The fourth-order valence-corrected chi connectivity index (χ4v) is 3.91. The van der Waals surface area contributed by atoms with Crippen molar-refractivity contribution in [3.8, 4) is 0 Å². The van der Waals surface area contributed by atoms with Gasteiger partial charge in [0, 0.05) is 12.5 Å². The summed E-state index contributed by atoms with van der Waals surface area (Å²) in [4.78, 5) is 65.5. The van der Waals surface area contributed by atoms with E-state index in [1.54, 1.807) is 58.0 Å². The van der Waals surface area contributed by atoms with Crippen LogP contribution in [0.5, 0.6) is 0 Å². The van der Waals surface area contributed by atoms with Crippen molar-refractivity contribution < 1.29 is 24.0 Å². The van der Waals surface area contributed by atoms with Crippen molar-refractivity contribution in [3.05, 3.63) is 35.9 Å². The molecule has 0 spiro atoms. The predicted molar refractivity (Wildman–Crippen MR) is 139 cm³/mol. The van der Waals surface area contributed by atoms with E-state index >= 15 is 0 Å². The highest BCUT2D eigenvalue weighted by molar-refractivity contribution is 5.97. The molecule has 5 amide bonds. The molecule has 1 aliphatic rings. The van der Waals surface area contributed by atoms with Crippen LogP contribution in [0.25, 0.3) is 0 Å². The fraction of sp³-hybridized carbons (Fsp3) is 0.577. The summed E-state index contributed by atoms with van der Waals surface area (Å²) in [6, 6.07) is 5.83. The van der Waals surface area contributed by atoms with Crippen LogP contribution in [0, 0.1) is 5.92 Å². The van der Waals surface area contributed by atoms with Gasteiger partial charge in [0.05, 0.1) is 0 Å². The van der Waals surface area contributed by atoms with Gasteiger partial charge in [-0.05, 0) is 44.7 Å². The molecule has 0 aliphatic carbocycles. The molecule has 0 bridgehead atoms. The first-order chi connectivity index (χ1) is 17.5. The van der Waals surface area contributed by atoms with Gasteiger partial charge in [-0.2, -0.15) is 0 Å². The van der Waals surface area contributed by atoms with Crippen LogP contribution in [0.1, 0.15) is 65.0 Å². The van der Waals surface area contributed by atoms with Gasteiger partial charge in [0.25, 0.3) is 0 Å². The number of hydrogen-bond acceptors (Lipinski definition) is 6. The molecule has 0 radical (unpaired) electrons. The molecule has 0 aromatic heterocycles. The van der Waals surface area contributed by atoms with E-state index in [4.69, 9.17) is 5.73 Å². The maximum atomic E-state index is 13.4. The molecule has 4 atom stereocenters. The van der Waals surface area contributed by atoms with Crippen LogP contribution in [0.15, 0.2) is 30.3 Å². The van der Waals surface area contributed by atoms with Crippen molar-refractivity contribution in [3.63, 3.8) is 0 Å². The molecule has 1 fully saturated rings. The van der Waals surface area contributed by atoms with E-state index in [1.165, 1.54) is 0 Å². The van der Waals surface area contributed by atoms with Crippen molar-refractivity contribution in [1.29, 1.82) is 0 Å². The van der Waals surface area contributed by atoms with Crippen molar-refractivity contribution >= 4 is 29.5 Å². The number of amides is 5. The molecular formula is C26H40N6O5. The first-order valence-electron chi connectivity index (χ1n) is 12.8. The number of rotatable bonds is 7. The molecule has 7 N–H and O–H groups in total. The molecule has 204 valence electrons. The average molecular weight is 517 g/mol. The Morgan fingerprint density at radius 1 is 1.03 bits per heavy atom. The summed E-state index contributed by atoms with van der Waals surface area (Å²) >= 11 is 0. The van der Waals surface area contributed by atoms with E-state index < -0.39 is 47.3 Å². The van der Waals surface area contributed by atoms with Crippen LogP contribution in [0.2, 0.25) is 0 Å². The molecule has 1 heterocycles. The first kappa shape index (κ1) is 29.8. The van der Waals surface area contributed by atoms with Gasteiger partial charge >= 0.3 is 0 Å². The van der Waals surface area contributed by atoms with Crippen LogP contribution in [-0.4, -0.2) is 60.2 Å². The zero-order valence-corrected chi connectivity index (χ0v) is 22.1. The lowest BCUT2D eigenvalue weighted by molar-refractivity contribution is -0.138. The molecule has 2 rings (SSSR count). The Morgan fingerprint density at radius 3 is 2.27 bits per heavy atom. The minimum atomic E-state index is -1.41. The maximum Gasteiger partial charge on any atom is 0.247 e. The number of hydrogen-bond donors (Lipinski definition) is 6. The molecule has 0 unspecified atom stereocenters. The molecule has 11 heteroatoms. The standard InChI is InChI=1S/C26H40N6O5/c1-5-18-22(34)31-20(17-10-7-6-8-11-17)24(36)28-15-13-26(4,32-21(33)16(2)3)25(37)30-19(12-9-14-27)23(35)29-18/h6-8,10-11,16,18-20H,5,9,12-15,27H2,1-4H3,(H,28,36)(H,29,35)(H,30,37)(H,31,34)(H,32,33)/t18-,19-,20+,26+/m0/s1. The highest BCUT2D eigenvalue weighted by Crippen LogP contribution is 2.16. The van der Waals surface area contributed by atoms with Crippen LogP contribution in [0.3, 0.4) is 0 Å². The molecular weight excluding hydrogens is 476 g/mol. The molecule has 1 aromatic rings.